The van der Waals surface area contributed by atoms with E-state index in [1.807, 2.05) is 0 Å². The number of carbonyl (C=O) groups is 1. The quantitative estimate of drug-likeness (QED) is 0.638. The lowest BCUT2D eigenvalue weighted by Crippen LogP contribution is -2.27. The van der Waals surface area contributed by atoms with Gasteiger partial charge in [-0.05, 0) is 54.6 Å². The molecule has 0 heterocycles. The van der Waals surface area contributed by atoms with Crippen molar-refractivity contribution < 1.29 is 26.7 Å². The normalized spacial score (nSPS) is 11.1. The fourth-order valence-corrected chi connectivity index (χ4v) is 3.86. The molecule has 30 heavy (non-hydrogen) atoms. The number of rotatable bonds is 6. The van der Waals surface area contributed by atoms with Crippen LogP contribution in [0.3, 0.4) is 0 Å². The second-order valence-electron chi connectivity index (χ2n) is 6.28. The Morgan fingerprint density at radius 2 is 1.70 bits per heavy atom. The van der Waals surface area contributed by atoms with Crippen LogP contribution in [0.2, 0.25) is 0 Å². The first-order valence-electron chi connectivity index (χ1n) is 8.72. The Balaban J connectivity index is 1.85. The average Bonchev–Trinajstić information content (AvgIpc) is 2.75. The maximum absolute atomic E-state index is 13.8. The molecule has 1 N–H and O–H groups in total. The largest absolute Gasteiger partial charge is 0.497 e. The van der Waals surface area contributed by atoms with E-state index in [0.717, 1.165) is 16.4 Å². The molecule has 0 unspecified atom stereocenters. The number of nitrogens with zero attached hydrogens (tertiary/aromatic N) is 1. The van der Waals surface area contributed by atoms with Gasteiger partial charge in [0.2, 0.25) is 0 Å². The van der Waals surface area contributed by atoms with Crippen molar-refractivity contribution in [3.8, 4) is 5.75 Å². The minimum Gasteiger partial charge on any atom is -0.497 e. The van der Waals surface area contributed by atoms with Crippen molar-refractivity contribution in [1.82, 2.24) is 0 Å². The fraction of sp³-hybridized carbons (Fsp3) is 0.0952. The number of methoxy groups -OCH3 is 1. The molecule has 6 nitrogen and oxygen atoms in total. The van der Waals surface area contributed by atoms with Crippen molar-refractivity contribution in [1.29, 1.82) is 0 Å². The molecule has 0 aliphatic heterocycles. The summed E-state index contributed by atoms with van der Waals surface area (Å²) >= 11 is 0. The monoisotopic (exact) mass is 432 g/mol. The lowest BCUT2D eigenvalue weighted by molar-refractivity contribution is 0.102. The molecule has 156 valence electrons. The minimum atomic E-state index is -3.89. The molecule has 9 heteroatoms. The third kappa shape index (κ3) is 4.41. The summed E-state index contributed by atoms with van der Waals surface area (Å²) < 4.78 is 58.6. The standard InChI is InChI=1S/C21H18F2N2O4S/c1-25(30(27,28)18-9-7-17(29-2)8-10-18)16-5-3-4-14(12-16)21(26)24-20-11-6-15(22)13-19(20)23/h3-13H,1-2H3,(H,24,26). The van der Waals surface area contributed by atoms with Gasteiger partial charge in [-0.25, -0.2) is 17.2 Å². The molecule has 0 aliphatic rings. The van der Waals surface area contributed by atoms with Gasteiger partial charge in [-0.1, -0.05) is 6.07 Å². The first-order chi connectivity index (χ1) is 14.2. The number of sulfonamides is 1. The van der Waals surface area contributed by atoms with Crippen LogP contribution in [0.4, 0.5) is 20.2 Å². The highest BCUT2D eigenvalue weighted by molar-refractivity contribution is 7.92. The molecule has 0 fully saturated rings. The smallest absolute Gasteiger partial charge is 0.264 e. The first kappa shape index (κ1) is 21.3. The van der Waals surface area contributed by atoms with Crippen molar-refractivity contribution >= 4 is 27.3 Å². The van der Waals surface area contributed by atoms with E-state index in [1.54, 1.807) is 0 Å². The summed E-state index contributed by atoms with van der Waals surface area (Å²) in [6, 6.07) is 14.5. The van der Waals surface area contributed by atoms with Crippen LogP contribution in [-0.2, 0) is 10.0 Å². The van der Waals surface area contributed by atoms with Gasteiger partial charge in [-0.2, -0.15) is 0 Å². The van der Waals surface area contributed by atoms with Crippen LogP contribution in [0, 0.1) is 11.6 Å². The number of hydrogen-bond donors (Lipinski definition) is 1. The summed E-state index contributed by atoms with van der Waals surface area (Å²) in [4.78, 5) is 12.5. The van der Waals surface area contributed by atoms with Crippen LogP contribution >= 0.6 is 0 Å². The Morgan fingerprint density at radius 1 is 1.00 bits per heavy atom. The molecule has 0 saturated carbocycles. The highest BCUT2D eigenvalue weighted by atomic mass is 32.2. The predicted octanol–water partition coefficient (Wildman–Crippen LogP) is 4.05. The molecule has 0 saturated heterocycles. The molecule has 0 bridgehead atoms. The van der Waals surface area contributed by atoms with Gasteiger partial charge in [0.05, 0.1) is 23.4 Å². The second-order valence-corrected chi connectivity index (χ2v) is 8.25. The van der Waals surface area contributed by atoms with Crippen molar-refractivity contribution in [2.75, 3.05) is 23.8 Å². The number of hydrogen-bond acceptors (Lipinski definition) is 4. The van der Waals surface area contributed by atoms with E-state index in [0.29, 0.717) is 11.8 Å². The van der Waals surface area contributed by atoms with E-state index in [2.05, 4.69) is 5.32 Å². The van der Waals surface area contributed by atoms with Crippen LogP contribution in [0.1, 0.15) is 10.4 Å². The van der Waals surface area contributed by atoms with Crippen molar-refractivity contribution in [3.63, 3.8) is 0 Å². The zero-order chi connectivity index (χ0) is 21.9. The molecule has 0 radical (unpaired) electrons. The van der Waals surface area contributed by atoms with E-state index >= 15 is 0 Å². The number of ether oxygens (including phenoxy) is 1. The van der Waals surface area contributed by atoms with Crippen molar-refractivity contribution in [3.05, 3.63) is 83.9 Å². The number of anilines is 2. The zero-order valence-corrected chi connectivity index (χ0v) is 16.9. The van der Waals surface area contributed by atoms with Crippen LogP contribution < -0.4 is 14.4 Å². The first-order valence-corrected chi connectivity index (χ1v) is 10.2. The van der Waals surface area contributed by atoms with Gasteiger partial charge in [-0.15, -0.1) is 0 Å². The third-order valence-electron chi connectivity index (χ3n) is 4.37. The molecular weight excluding hydrogens is 414 g/mol. The van der Waals surface area contributed by atoms with E-state index in [-0.39, 0.29) is 21.8 Å². The Morgan fingerprint density at radius 3 is 2.33 bits per heavy atom. The Labute approximate surface area is 172 Å². The average molecular weight is 432 g/mol. The molecule has 0 aliphatic carbocycles. The number of amides is 1. The summed E-state index contributed by atoms with van der Waals surface area (Å²) in [5.74, 6) is -1.84. The van der Waals surface area contributed by atoms with Crippen LogP contribution in [0.15, 0.2) is 71.6 Å². The summed E-state index contributed by atoms with van der Waals surface area (Å²) in [6.45, 7) is 0. The molecular formula is C21H18F2N2O4S. The highest BCUT2D eigenvalue weighted by Gasteiger charge is 2.22. The Hall–Kier alpha value is -3.46. The van der Waals surface area contributed by atoms with E-state index < -0.39 is 27.6 Å². The SMILES string of the molecule is COc1ccc(S(=O)(=O)N(C)c2cccc(C(=O)Nc3ccc(F)cc3F)c2)cc1. The molecule has 3 aromatic rings. The summed E-state index contributed by atoms with van der Waals surface area (Å²) in [7, 11) is -1.05. The lowest BCUT2D eigenvalue weighted by Gasteiger charge is -2.20. The van der Waals surface area contributed by atoms with Gasteiger partial charge in [0.15, 0.2) is 0 Å². The summed E-state index contributed by atoms with van der Waals surface area (Å²) in [5.41, 5.74) is 0.150. The summed E-state index contributed by atoms with van der Waals surface area (Å²) in [6.07, 6.45) is 0. The van der Waals surface area contributed by atoms with Crippen LogP contribution in [0.5, 0.6) is 5.75 Å². The highest BCUT2D eigenvalue weighted by Crippen LogP contribution is 2.25. The van der Waals surface area contributed by atoms with Gasteiger partial charge in [0.25, 0.3) is 15.9 Å². The minimum absolute atomic E-state index is 0.0500. The number of benzene rings is 3. The summed E-state index contributed by atoms with van der Waals surface area (Å²) in [5, 5.41) is 2.34. The molecule has 3 rings (SSSR count). The topological polar surface area (TPSA) is 75.7 Å². The van der Waals surface area contributed by atoms with Gasteiger partial charge in [-0.3, -0.25) is 9.10 Å². The lowest BCUT2D eigenvalue weighted by atomic mass is 10.2. The fourth-order valence-electron chi connectivity index (χ4n) is 2.67. The van der Waals surface area contributed by atoms with Crippen LogP contribution in [0.25, 0.3) is 0 Å². The zero-order valence-electron chi connectivity index (χ0n) is 16.1. The number of carbonyl (C=O) groups excluding carboxylic acids is 1. The Bertz CT molecular complexity index is 1180. The molecule has 0 aromatic heterocycles. The maximum atomic E-state index is 13.8. The maximum Gasteiger partial charge on any atom is 0.264 e. The van der Waals surface area contributed by atoms with Gasteiger partial charge >= 0.3 is 0 Å². The van der Waals surface area contributed by atoms with Crippen molar-refractivity contribution in [2.24, 2.45) is 0 Å². The third-order valence-corrected chi connectivity index (χ3v) is 6.17. The van der Waals surface area contributed by atoms with Crippen molar-refractivity contribution in [2.45, 2.75) is 4.90 Å². The van der Waals surface area contributed by atoms with E-state index in [9.17, 15) is 22.0 Å². The van der Waals surface area contributed by atoms with Crippen LogP contribution in [-0.4, -0.2) is 28.5 Å². The molecule has 3 aromatic carbocycles. The number of nitrogens with one attached hydrogen (secondary N) is 1. The molecule has 1 amide bonds. The van der Waals surface area contributed by atoms with Gasteiger partial charge in [0, 0.05) is 18.7 Å². The predicted molar refractivity (Wildman–Crippen MR) is 109 cm³/mol. The number of halogens is 2. The van der Waals surface area contributed by atoms with Gasteiger partial charge in [0.1, 0.15) is 17.4 Å². The molecule has 0 spiro atoms. The van der Waals surface area contributed by atoms with Gasteiger partial charge < -0.3 is 10.1 Å². The van der Waals surface area contributed by atoms with E-state index in [1.165, 1.54) is 62.7 Å². The van der Waals surface area contributed by atoms with E-state index in [4.69, 9.17) is 4.74 Å². The molecule has 0 atom stereocenters. The second kappa shape index (κ2) is 8.50. The Kier molecular flexibility index (Phi) is 6.02.